The lowest BCUT2D eigenvalue weighted by atomic mass is 10.0. The largest absolute Gasteiger partial charge is 0.486 e. The van der Waals surface area contributed by atoms with Gasteiger partial charge in [0.1, 0.15) is 18.1 Å². The summed E-state index contributed by atoms with van der Waals surface area (Å²) in [6.07, 6.45) is 1.92. The lowest BCUT2D eigenvalue weighted by molar-refractivity contribution is -0.138. The molecule has 0 saturated carbocycles. The number of nitrogens with zero attached hydrogens (tertiary/aromatic N) is 1. The summed E-state index contributed by atoms with van der Waals surface area (Å²) in [4.78, 5) is 11.1. The van der Waals surface area contributed by atoms with Crippen molar-refractivity contribution in [3.8, 4) is 11.5 Å². The van der Waals surface area contributed by atoms with Gasteiger partial charge in [-0.2, -0.15) is 4.31 Å². The first-order valence-electron chi connectivity index (χ1n) is 7.62. The lowest BCUT2D eigenvalue weighted by Crippen LogP contribution is -2.44. The van der Waals surface area contributed by atoms with Crippen LogP contribution in [-0.2, 0) is 14.8 Å². The highest BCUT2D eigenvalue weighted by atomic mass is 32.2. The summed E-state index contributed by atoms with van der Waals surface area (Å²) in [6, 6.07) is 4.23. The monoisotopic (exact) mass is 341 g/mol. The van der Waals surface area contributed by atoms with Crippen LogP contribution < -0.4 is 9.47 Å². The highest BCUT2D eigenvalue weighted by Gasteiger charge is 2.37. The van der Waals surface area contributed by atoms with E-state index in [9.17, 15) is 13.2 Å². The molecule has 1 saturated heterocycles. The molecule has 126 valence electrons. The van der Waals surface area contributed by atoms with Crippen molar-refractivity contribution >= 4 is 16.0 Å². The van der Waals surface area contributed by atoms with Gasteiger partial charge in [0.15, 0.2) is 11.5 Å². The van der Waals surface area contributed by atoms with Gasteiger partial charge in [-0.25, -0.2) is 8.42 Å². The smallest absolute Gasteiger partial charge is 0.304 e. The van der Waals surface area contributed by atoms with Crippen molar-refractivity contribution in [3.05, 3.63) is 18.2 Å². The number of hydrogen-bond acceptors (Lipinski definition) is 5. The van der Waals surface area contributed by atoms with Crippen molar-refractivity contribution < 1.29 is 27.8 Å². The zero-order valence-corrected chi connectivity index (χ0v) is 13.4. The van der Waals surface area contributed by atoms with E-state index in [1.807, 2.05) is 0 Å². The Morgan fingerprint density at radius 3 is 2.83 bits per heavy atom. The summed E-state index contributed by atoms with van der Waals surface area (Å²) >= 11 is 0. The van der Waals surface area contributed by atoms with Gasteiger partial charge < -0.3 is 14.6 Å². The number of sulfonamides is 1. The molecule has 0 aliphatic carbocycles. The first kappa shape index (κ1) is 16.1. The van der Waals surface area contributed by atoms with E-state index in [1.165, 1.54) is 10.4 Å². The lowest BCUT2D eigenvalue weighted by Gasteiger charge is -2.34. The fourth-order valence-corrected chi connectivity index (χ4v) is 4.91. The topological polar surface area (TPSA) is 93.1 Å². The maximum absolute atomic E-state index is 13.0. The first-order chi connectivity index (χ1) is 11.0. The van der Waals surface area contributed by atoms with Crippen LogP contribution in [0.15, 0.2) is 23.1 Å². The van der Waals surface area contributed by atoms with Crippen molar-refractivity contribution in [1.82, 2.24) is 4.31 Å². The molecule has 0 aromatic heterocycles. The number of aliphatic carboxylic acids is 1. The molecule has 1 unspecified atom stereocenters. The second kappa shape index (κ2) is 6.37. The van der Waals surface area contributed by atoms with Gasteiger partial charge >= 0.3 is 5.97 Å². The molecular formula is C15H19NO6S. The Bertz CT molecular complexity index is 702. The summed E-state index contributed by atoms with van der Waals surface area (Å²) in [5.41, 5.74) is 0. The fourth-order valence-electron chi connectivity index (χ4n) is 3.07. The standard InChI is InChI=1S/C15H19NO6S/c17-14(18)10-11-4-1-2-7-16(11)23(19,20)13-6-3-5-12-15(13)22-9-8-21-12/h3,5-6,11H,1-2,4,7-10H2,(H,17,18). The molecule has 1 aromatic carbocycles. The van der Waals surface area contributed by atoms with Gasteiger partial charge in [0.05, 0.1) is 6.42 Å². The molecule has 0 spiro atoms. The average molecular weight is 341 g/mol. The van der Waals surface area contributed by atoms with Crippen LogP contribution in [0.2, 0.25) is 0 Å². The molecule has 1 N–H and O–H groups in total. The Hall–Kier alpha value is -1.80. The molecule has 0 radical (unpaired) electrons. The molecule has 2 aliphatic rings. The van der Waals surface area contributed by atoms with E-state index in [1.54, 1.807) is 12.1 Å². The summed E-state index contributed by atoms with van der Waals surface area (Å²) < 4.78 is 38.3. The van der Waals surface area contributed by atoms with Crippen LogP contribution in [-0.4, -0.2) is 49.6 Å². The fraction of sp³-hybridized carbons (Fsp3) is 0.533. The minimum Gasteiger partial charge on any atom is -0.486 e. The molecule has 23 heavy (non-hydrogen) atoms. The number of ether oxygens (including phenoxy) is 2. The molecule has 2 aliphatic heterocycles. The second-order valence-electron chi connectivity index (χ2n) is 5.64. The molecule has 8 heteroatoms. The van der Waals surface area contributed by atoms with E-state index in [0.29, 0.717) is 25.3 Å². The first-order valence-corrected chi connectivity index (χ1v) is 9.06. The number of piperidine rings is 1. The third-order valence-corrected chi connectivity index (χ3v) is 6.08. The molecular weight excluding hydrogens is 322 g/mol. The quantitative estimate of drug-likeness (QED) is 0.891. The zero-order chi connectivity index (χ0) is 16.4. The minimum absolute atomic E-state index is 0.0481. The van der Waals surface area contributed by atoms with Gasteiger partial charge in [-0.3, -0.25) is 4.79 Å². The molecule has 1 atom stereocenters. The Balaban J connectivity index is 1.98. The number of hydrogen-bond donors (Lipinski definition) is 1. The third kappa shape index (κ3) is 3.13. The van der Waals surface area contributed by atoms with Crippen molar-refractivity contribution in [3.63, 3.8) is 0 Å². The number of para-hydroxylation sites is 1. The van der Waals surface area contributed by atoms with Crippen LogP contribution in [0.3, 0.4) is 0 Å². The summed E-state index contributed by atoms with van der Waals surface area (Å²) in [5.74, 6) is -0.366. The van der Waals surface area contributed by atoms with Crippen LogP contribution in [0.1, 0.15) is 25.7 Å². The van der Waals surface area contributed by atoms with Crippen LogP contribution in [0.5, 0.6) is 11.5 Å². The molecule has 1 fully saturated rings. The molecule has 3 rings (SSSR count). The number of carboxylic acid groups (broad SMARTS) is 1. The Morgan fingerprint density at radius 2 is 2.04 bits per heavy atom. The molecule has 2 heterocycles. The molecule has 1 aromatic rings. The van der Waals surface area contributed by atoms with Crippen molar-refractivity contribution in [2.24, 2.45) is 0 Å². The van der Waals surface area contributed by atoms with E-state index in [0.717, 1.165) is 12.8 Å². The van der Waals surface area contributed by atoms with E-state index in [2.05, 4.69) is 0 Å². The number of carbonyl (C=O) groups is 1. The van der Waals surface area contributed by atoms with E-state index < -0.39 is 22.0 Å². The zero-order valence-electron chi connectivity index (χ0n) is 12.6. The number of rotatable bonds is 4. The van der Waals surface area contributed by atoms with E-state index >= 15 is 0 Å². The summed E-state index contributed by atoms with van der Waals surface area (Å²) in [6.45, 7) is 0.991. The van der Waals surface area contributed by atoms with Crippen LogP contribution in [0, 0.1) is 0 Å². The SMILES string of the molecule is O=C(O)CC1CCCCN1S(=O)(=O)c1cccc2c1OCCO2. The van der Waals surface area contributed by atoms with E-state index in [-0.39, 0.29) is 23.7 Å². The van der Waals surface area contributed by atoms with Gasteiger partial charge in [0.2, 0.25) is 10.0 Å². The highest BCUT2D eigenvalue weighted by molar-refractivity contribution is 7.89. The molecule has 7 nitrogen and oxygen atoms in total. The normalized spacial score (nSPS) is 21.8. The number of carboxylic acids is 1. The number of fused-ring (bicyclic) bond motifs is 1. The maximum Gasteiger partial charge on any atom is 0.304 e. The van der Waals surface area contributed by atoms with Crippen molar-refractivity contribution in [2.45, 2.75) is 36.6 Å². The summed E-state index contributed by atoms with van der Waals surface area (Å²) in [7, 11) is -3.83. The van der Waals surface area contributed by atoms with Gasteiger partial charge in [-0.05, 0) is 25.0 Å². The average Bonchev–Trinajstić information content (AvgIpc) is 2.54. The van der Waals surface area contributed by atoms with Crippen LogP contribution in [0.25, 0.3) is 0 Å². The van der Waals surface area contributed by atoms with Gasteiger partial charge in [-0.1, -0.05) is 12.5 Å². The van der Waals surface area contributed by atoms with Gasteiger partial charge in [0, 0.05) is 12.6 Å². The Labute approximate surface area is 134 Å². The highest BCUT2D eigenvalue weighted by Crippen LogP contribution is 2.39. The van der Waals surface area contributed by atoms with Crippen molar-refractivity contribution in [1.29, 1.82) is 0 Å². The maximum atomic E-state index is 13.0. The molecule has 0 amide bonds. The van der Waals surface area contributed by atoms with Crippen molar-refractivity contribution in [2.75, 3.05) is 19.8 Å². The minimum atomic E-state index is -3.83. The Kier molecular flexibility index (Phi) is 4.45. The molecule has 0 bridgehead atoms. The van der Waals surface area contributed by atoms with Gasteiger partial charge in [0.25, 0.3) is 0 Å². The van der Waals surface area contributed by atoms with Gasteiger partial charge in [-0.15, -0.1) is 0 Å². The summed E-state index contributed by atoms with van der Waals surface area (Å²) in [5, 5.41) is 9.05. The predicted octanol–water partition coefficient (Wildman–Crippen LogP) is 1.48. The van der Waals surface area contributed by atoms with Crippen LogP contribution >= 0.6 is 0 Å². The predicted molar refractivity (Wildman–Crippen MR) is 81.2 cm³/mol. The van der Waals surface area contributed by atoms with Crippen LogP contribution in [0.4, 0.5) is 0 Å². The van der Waals surface area contributed by atoms with E-state index in [4.69, 9.17) is 14.6 Å². The second-order valence-corrected chi connectivity index (χ2v) is 7.50. The number of benzene rings is 1. The third-order valence-electron chi connectivity index (χ3n) is 4.10. The Morgan fingerprint density at radius 1 is 1.26 bits per heavy atom.